The number of nitro groups is 1. The third-order valence-electron chi connectivity index (χ3n) is 7.46. The highest BCUT2D eigenvalue weighted by molar-refractivity contribution is 5.91. The lowest BCUT2D eigenvalue weighted by atomic mass is 9.84. The largest absolute Gasteiger partial charge is 0.469 e. The van der Waals surface area contributed by atoms with Crippen molar-refractivity contribution in [3.05, 3.63) is 112 Å². The van der Waals surface area contributed by atoms with Crippen LogP contribution >= 0.6 is 0 Å². The molecule has 10 heteroatoms. The molecule has 6 atom stereocenters. The van der Waals surface area contributed by atoms with Gasteiger partial charge in [-0.15, -0.1) is 0 Å². The van der Waals surface area contributed by atoms with Gasteiger partial charge in [-0.25, -0.2) is 0 Å². The van der Waals surface area contributed by atoms with Crippen molar-refractivity contribution in [3.63, 3.8) is 0 Å². The topological polar surface area (TPSA) is 125 Å². The number of non-ortho nitro benzene ring substituents is 1. The number of esters is 3. The SMILES string of the molecule is COC(=O)[C@@H]1[C@H](C(=O)OC)[C@H](c2ccc([N+](=O)[O-])cc2)N2[C@@H]1C(=O)O[C@H](c1ccccc1)[C@@H]2c1ccccc1. The lowest BCUT2D eigenvalue weighted by Gasteiger charge is -2.45. The van der Waals surface area contributed by atoms with Crippen LogP contribution in [0.3, 0.4) is 0 Å². The highest BCUT2D eigenvalue weighted by Crippen LogP contribution is 2.56. The molecule has 0 saturated carbocycles. The zero-order valence-corrected chi connectivity index (χ0v) is 21.2. The third-order valence-corrected chi connectivity index (χ3v) is 7.46. The normalized spacial score (nSPS) is 26.3. The summed E-state index contributed by atoms with van der Waals surface area (Å²) in [6.45, 7) is 0. The van der Waals surface area contributed by atoms with Gasteiger partial charge in [0.05, 0.1) is 43.1 Å². The van der Waals surface area contributed by atoms with Crippen LogP contribution in [0.25, 0.3) is 0 Å². The summed E-state index contributed by atoms with van der Waals surface area (Å²) in [4.78, 5) is 52.9. The average molecular weight is 531 g/mol. The van der Waals surface area contributed by atoms with Gasteiger partial charge in [0.1, 0.15) is 12.1 Å². The number of carbonyl (C=O) groups excluding carboxylic acids is 3. The molecular weight excluding hydrogens is 504 g/mol. The summed E-state index contributed by atoms with van der Waals surface area (Å²) in [5.74, 6) is -4.53. The first-order chi connectivity index (χ1) is 18.9. The molecule has 0 aliphatic carbocycles. The van der Waals surface area contributed by atoms with E-state index in [9.17, 15) is 24.5 Å². The standard InChI is InChI=1S/C29H26N2O8/c1-37-27(32)21-22(28(33)38-2)25-29(34)39-26(19-11-7-4-8-12-19)24(17-9-5-3-6-10-17)30(25)23(21)18-13-15-20(16-14-18)31(35)36/h3-16,21-26H,1-2H3/t21-,22+,23-,24-,25-,26+/m0/s1. The van der Waals surface area contributed by atoms with Crippen LogP contribution in [0.4, 0.5) is 5.69 Å². The Bertz CT molecular complexity index is 1380. The van der Waals surface area contributed by atoms with Gasteiger partial charge in [-0.05, 0) is 16.7 Å². The second-order valence-electron chi connectivity index (χ2n) is 9.41. The number of hydrogen-bond acceptors (Lipinski definition) is 9. The summed E-state index contributed by atoms with van der Waals surface area (Å²) in [5, 5.41) is 11.3. The minimum absolute atomic E-state index is 0.132. The molecule has 10 nitrogen and oxygen atoms in total. The summed E-state index contributed by atoms with van der Waals surface area (Å²) in [6.07, 6.45) is -0.771. The molecule has 3 aromatic rings. The van der Waals surface area contributed by atoms with E-state index in [1.54, 1.807) is 0 Å². The minimum Gasteiger partial charge on any atom is -0.469 e. The van der Waals surface area contributed by atoms with Gasteiger partial charge in [-0.2, -0.15) is 0 Å². The quantitative estimate of drug-likeness (QED) is 0.202. The maximum atomic E-state index is 13.7. The highest BCUT2D eigenvalue weighted by Gasteiger charge is 2.64. The van der Waals surface area contributed by atoms with E-state index in [0.717, 1.165) is 11.1 Å². The van der Waals surface area contributed by atoms with Gasteiger partial charge in [-0.1, -0.05) is 72.8 Å². The second kappa shape index (κ2) is 10.7. The maximum Gasteiger partial charge on any atom is 0.325 e. The molecule has 5 rings (SSSR count). The Morgan fingerprint density at radius 1 is 0.744 bits per heavy atom. The number of rotatable bonds is 6. The van der Waals surface area contributed by atoms with Gasteiger partial charge in [0.2, 0.25) is 0 Å². The van der Waals surface area contributed by atoms with Gasteiger partial charge in [0.25, 0.3) is 5.69 Å². The van der Waals surface area contributed by atoms with Crippen molar-refractivity contribution < 1.29 is 33.5 Å². The van der Waals surface area contributed by atoms with Crippen molar-refractivity contribution in [2.24, 2.45) is 11.8 Å². The van der Waals surface area contributed by atoms with Crippen LogP contribution in [0.5, 0.6) is 0 Å². The number of carbonyl (C=O) groups is 3. The zero-order chi connectivity index (χ0) is 27.7. The molecule has 0 amide bonds. The van der Waals surface area contributed by atoms with Crippen molar-refractivity contribution in [2.75, 3.05) is 14.2 Å². The summed E-state index contributed by atoms with van der Waals surface area (Å²) in [5.41, 5.74) is 1.91. The number of hydrogen-bond donors (Lipinski definition) is 0. The summed E-state index contributed by atoms with van der Waals surface area (Å²) in [7, 11) is 2.40. The summed E-state index contributed by atoms with van der Waals surface area (Å²) < 4.78 is 16.3. The van der Waals surface area contributed by atoms with E-state index in [4.69, 9.17) is 14.2 Å². The van der Waals surface area contributed by atoms with E-state index in [1.807, 2.05) is 65.6 Å². The Labute approximate surface area is 224 Å². The molecule has 39 heavy (non-hydrogen) atoms. The molecule has 0 N–H and O–H groups in total. The van der Waals surface area contributed by atoms with E-state index >= 15 is 0 Å². The Balaban J connectivity index is 1.76. The zero-order valence-electron chi connectivity index (χ0n) is 21.2. The Morgan fingerprint density at radius 3 is 1.74 bits per heavy atom. The van der Waals surface area contributed by atoms with Crippen molar-refractivity contribution in [2.45, 2.75) is 24.2 Å². The Hall–Kier alpha value is -4.57. The van der Waals surface area contributed by atoms with Gasteiger partial charge in [0, 0.05) is 12.1 Å². The van der Waals surface area contributed by atoms with Gasteiger partial charge < -0.3 is 14.2 Å². The van der Waals surface area contributed by atoms with Crippen LogP contribution in [0.1, 0.15) is 34.9 Å². The molecule has 0 bridgehead atoms. The number of cyclic esters (lactones) is 1. The summed E-state index contributed by atoms with van der Waals surface area (Å²) >= 11 is 0. The van der Waals surface area contributed by atoms with Crippen LogP contribution in [-0.4, -0.2) is 48.0 Å². The van der Waals surface area contributed by atoms with E-state index < -0.39 is 58.9 Å². The number of ether oxygens (including phenoxy) is 3. The Kier molecular flexibility index (Phi) is 7.12. The molecule has 2 heterocycles. The predicted molar refractivity (Wildman–Crippen MR) is 137 cm³/mol. The van der Waals surface area contributed by atoms with Crippen LogP contribution in [0, 0.1) is 22.0 Å². The predicted octanol–water partition coefficient (Wildman–Crippen LogP) is 3.94. The molecule has 2 aliphatic heterocycles. The third kappa shape index (κ3) is 4.52. The lowest BCUT2D eigenvalue weighted by Crippen LogP contribution is -2.52. The molecular formula is C29H26N2O8. The van der Waals surface area contributed by atoms with Crippen LogP contribution in [0.2, 0.25) is 0 Å². The second-order valence-corrected chi connectivity index (χ2v) is 9.41. The number of benzene rings is 3. The van der Waals surface area contributed by atoms with E-state index in [2.05, 4.69) is 0 Å². The number of methoxy groups -OCH3 is 2. The van der Waals surface area contributed by atoms with E-state index in [1.165, 1.54) is 38.5 Å². The molecule has 0 unspecified atom stereocenters. The molecule has 0 radical (unpaired) electrons. The number of nitrogens with zero attached hydrogens (tertiary/aromatic N) is 2. The average Bonchev–Trinajstić information content (AvgIpc) is 3.33. The number of morpholine rings is 1. The Morgan fingerprint density at radius 2 is 1.23 bits per heavy atom. The van der Waals surface area contributed by atoms with E-state index in [0.29, 0.717) is 5.56 Å². The number of fused-ring (bicyclic) bond motifs is 1. The molecule has 0 spiro atoms. The monoisotopic (exact) mass is 530 g/mol. The van der Waals surface area contributed by atoms with Crippen molar-refractivity contribution >= 4 is 23.6 Å². The molecule has 2 fully saturated rings. The smallest absolute Gasteiger partial charge is 0.325 e. The first kappa shape index (κ1) is 26.1. The van der Waals surface area contributed by atoms with Crippen LogP contribution < -0.4 is 0 Å². The van der Waals surface area contributed by atoms with E-state index in [-0.39, 0.29) is 5.69 Å². The molecule has 2 saturated heterocycles. The number of nitro benzene ring substituents is 1. The van der Waals surface area contributed by atoms with Crippen LogP contribution in [0.15, 0.2) is 84.9 Å². The molecule has 0 aromatic heterocycles. The minimum atomic E-state index is -1.24. The fourth-order valence-corrected chi connectivity index (χ4v) is 5.85. The van der Waals surface area contributed by atoms with Crippen molar-refractivity contribution in [3.8, 4) is 0 Å². The van der Waals surface area contributed by atoms with Gasteiger partial charge in [-0.3, -0.25) is 29.4 Å². The van der Waals surface area contributed by atoms with Crippen LogP contribution in [-0.2, 0) is 28.6 Å². The van der Waals surface area contributed by atoms with Gasteiger partial charge >= 0.3 is 17.9 Å². The van der Waals surface area contributed by atoms with Crippen molar-refractivity contribution in [1.82, 2.24) is 4.90 Å². The highest BCUT2D eigenvalue weighted by atomic mass is 16.6. The van der Waals surface area contributed by atoms with Gasteiger partial charge in [0.15, 0.2) is 0 Å². The fraction of sp³-hybridized carbons (Fsp3) is 0.276. The first-order valence-corrected chi connectivity index (χ1v) is 12.3. The van der Waals surface area contributed by atoms with Crippen molar-refractivity contribution in [1.29, 1.82) is 0 Å². The first-order valence-electron chi connectivity index (χ1n) is 12.3. The summed E-state index contributed by atoms with van der Waals surface area (Å²) in [6, 6.07) is 21.7. The lowest BCUT2D eigenvalue weighted by molar-refractivity contribution is -0.384. The maximum absolute atomic E-state index is 13.7. The fourth-order valence-electron chi connectivity index (χ4n) is 5.85. The molecule has 2 aliphatic rings. The molecule has 200 valence electrons. The molecule has 3 aromatic carbocycles.